The highest BCUT2D eigenvalue weighted by Gasteiger charge is 2.13. The summed E-state index contributed by atoms with van der Waals surface area (Å²) < 4.78 is 6.55. The maximum Gasteiger partial charge on any atom is 0.262 e. The summed E-state index contributed by atoms with van der Waals surface area (Å²) >= 11 is 1.50. The maximum absolute atomic E-state index is 12.5. The van der Waals surface area contributed by atoms with Crippen molar-refractivity contribution in [3.8, 4) is 0 Å². The molecule has 0 fully saturated rings. The normalized spacial score (nSPS) is 11.0. The Balaban J connectivity index is 1.68. The number of thiophene rings is 1. The van der Waals surface area contributed by atoms with Crippen molar-refractivity contribution in [2.75, 3.05) is 6.54 Å². The zero-order valence-corrected chi connectivity index (χ0v) is 13.8. The van der Waals surface area contributed by atoms with Crippen molar-refractivity contribution in [2.45, 2.75) is 26.8 Å². The van der Waals surface area contributed by atoms with Gasteiger partial charge in [0.05, 0.1) is 18.0 Å². The van der Waals surface area contributed by atoms with E-state index in [0.29, 0.717) is 18.4 Å². The SMILES string of the molecule is Cc1sc2ncn(CC(=O)NCCc3ccco3)c(=O)c2c1C. The fraction of sp³-hybridized carbons (Fsp3) is 0.312. The second kappa shape index (κ2) is 6.37. The van der Waals surface area contributed by atoms with Gasteiger partial charge in [0.15, 0.2) is 0 Å². The number of hydrogen-bond donors (Lipinski definition) is 1. The number of fused-ring (bicyclic) bond motifs is 1. The topological polar surface area (TPSA) is 77.1 Å². The van der Waals surface area contributed by atoms with Crippen molar-refractivity contribution in [2.24, 2.45) is 0 Å². The van der Waals surface area contributed by atoms with Crippen LogP contribution < -0.4 is 10.9 Å². The summed E-state index contributed by atoms with van der Waals surface area (Å²) in [6, 6.07) is 3.67. The third kappa shape index (κ3) is 3.19. The molecule has 0 unspecified atom stereocenters. The van der Waals surface area contributed by atoms with E-state index in [1.807, 2.05) is 26.0 Å². The van der Waals surface area contributed by atoms with Crippen LogP contribution in [0.3, 0.4) is 0 Å². The highest BCUT2D eigenvalue weighted by atomic mass is 32.1. The van der Waals surface area contributed by atoms with Gasteiger partial charge in [-0.2, -0.15) is 0 Å². The molecular formula is C16H17N3O3S. The molecular weight excluding hydrogens is 314 g/mol. The first-order chi connectivity index (χ1) is 11.1. The van der Waals surface area contributed by atoms with Gasteiger partial charge in [-0.25, -0.2) is 4.98 Å². The molecule has 7 heteroatoms. The molecule has 6 nitrogen and oxygen atoms in total. The molecule has 0 aliphatic rings. The molecule has 0 aromatic carbocycles. The number of hydrogen-bond acceptors (Lipinski definition) is 5. The Bertz CT molecular complexity index is 893. The van der Waals surface area contributed by atoms with Crippen LogP contribution in [0.4, 0.5) is 0 Å². The van der Waals surface area contributed by atoms with E-state index in [1.165, 1.54) is 22.2 Å². The lowest BCUT2D eigenvalue weighted by Crippen LogP contribution is -2.33. The molecule has 23 heavy (non-hydrogen) atoms. The molecule has 3 rings (SSSR count). The van der Waals surface area contributed by atoms with Crippen molar-refractivity contribution < 1.29 is 9.21 Å². The quantitative estimate of drug-likeness (QED) is 0.776. The molecule has 0 aliphatic heterocycles. The Hall–Kier alpha value is -2.41. The van der Waals surface area contributed by atoms with Gasteiger partial charge >= 0.3 is 0 Å². The number of carbonyl (C=O) groups excluding carboxylic acids is 1. The molecule has 0 bridgehead atoms. The molecule has 0 saturated heterocycles. The van der Waals surface area contributed by atoms with E-state index >= 15 is 0 Å². The van der Waals surface area contributed by atoms with E-state index in [9.17, 15) is 9.59 Å². The molecule has 0 radical (unpaired) electrons. The van der Waals surface area contributed by atoms with Gasteiger partial charge < -0.3 is 9.73 Å². The summed E-state index contributed by atoms with van der Waals surface area (Å²) in [6.45, 7) is 4.31. The Morgan fingerprint density at radius 1 is 1.43 bits per heavy atom. The number of nitrogens with zero attached hydrogens (tertiary/aromatic N) is 2. The van der Waals surface area contributed by atoms with E-state index in [1.54, 1.807) is 6.26 Å². The molecule has 0 saturated carbocycles. The van der Waals surface area contributed by atoms with Gasteiger partial charge in [0, 0.05) is 17.8 Å². The number of amides is 1. The molecule has 1 amide bonds. The largest absolute Gasteiger partial charge is 0.469 e. The summed E-state index contributed by atoms with van der Waals surface area (Å²) in [6.07, 6.45) is 3.66. The van der Waals surface area contributed by atoms with Gasteiger partial charge in [-0.15, -0.1) is 11.3 Å². The molecule has 3 aromatic heterocycles. The second-order valence-electron chi connectivity index (χ2n) is 5.32. The first kappa shape index (κ1) is 15.5. The number of furan rings is 1. The fourth-order valence-electron chi connectivity index (χ4n) is 2.37. The Morgan fingerprint density at radius 3 is 3.00 bits per heavy atom. The highest BCUT2D eigenvalue weighted by Crippen LogP contribution is 2.25. The van der Waals surface area contributed by atoms with Gasteiger partial charge in [0.2, 0.25) is 5.91 Å². The van der Waals surface area contributed by atoms with Crippen LogP contribution in [0.25, 0.3) is 10.2 Å². The number of carbonyl (C=O) groups is 1. The minimum Gasteiger partial charge on any atom is -0.469 e. The molecule has 0 spiro atoms. The Morgan fingerprint density at radius 2 is 2.26 bits per heavy atom. The Kier molecular flexibility index (Phi) is 4.29. The van der Waals surface area contributed by atoms with Crippen LogP contribution in [0.1, 0.15) is 16.2 Å². The van der Waals surface area contributed by atoms with Crippen molar-refractivity contribution in [3.63, 3.8) is 0 Å². The van der Waals surface area contributed by atoms with Crippen LogP contribution in [0.2, 0.25) is 0 Å². The monoisotopic (exact) mass is 331 g/mol. The van der Waals surface area contributed by atoms with Crippen LogP contribution >= 0.6 is 11.3 Å². The average molecular weight is 331 g/mol. The zero-order chi connectivity index (χ0) is 16.4. The van der Waals surface area contributed by atoms with Gasteiger partial charge in [0.25, 0.3) is 5.56 Å². The highest BCUT2D eigenvalue weighted by molar-refractivity contribution is 7.18. The number of aryl methyl sites for hydroxylation is 2. The van der Waals surface area contributed by atoms with E-state index in [-0.39, 0.29) is 18.0 Å². The third-order valence-electron chi connectivity index (χ3n) is 3.74. The first-order valence-corrected chi connectivity index (χ1v) is 8.12. The number of aromatic nitrogens is 2. The lowest BCUT2D eigenvalue weighted by molar-refractivity contribution is -0.121. The molecule has 120 valence electrons. The lowest BCUT2D eigenvalue weighted by Gasteiger charge is -2.06. The van der Waals surface area contributed by atoms with Crippen molar-refractivity contribution in [3.05, 3.63) is 51.3 Å². The van der Waals surface area contributed by atoms with Crippen molar-refractivity contribution in [1.29, 1.82) is 0 Å². The predicted molar refractivity (Wildman–Crippen MR) is 88.8 cm³/mol. The number of nitrogens with one attached hydrogen (secondary N) is 1. The van der Waals surface area contributed by atoms with Crippen molar-refractivity contribution in [1.82, 2.24) is 14.9 Å². The standard InChI is InChI=1S/C16H17N3O3S/c1-10-11(2)23-15-14(10)16(21)19(9-18-15)8-13(20)17-6-5-12-4-3-7-22-12/h3-4,7,9H,5-6,8H2,1-2H3,(H,17,20). The molecule has 0 aliphatic carbocycles. The van der Waals surface area contributed by atoms with Gasteiger partial charge in [-0.1, -0.05) is 0 Å². The van der Waals surface area contributed by atoms with Crippen LogP contribution in [0.5, 0.6) is 0 Å². The van der Waals surface area contributed by atoms with Crippen LogP contribution in [0.15, 0.2) is 33.9 Å². The minimum atomic E-state index is -0.218. The second-order valence-corrected chi connectivity index (χ2v) is 6.52. The summed E-state index contributed by atoms with van der Waals surface area (Å²) in [5.41, 5.74) is 0.771. The van der Waals surface area contributed by atoms with Crippen molar-refractivity contribution >= 4 is 27.5 Å². The summed E-state index contributed by atoms with van der Waals surface area (Å²) in [5, 5.41) is 3.39. The van der Waals surface area contributed by atoms with Crippen LogP contribution in [-0.4, -0.2) is 22.0 Å². The van der Waals surface area contributed by atoms with E-state index in [0.717, 1.165) is 21.0 Å². The summed E-state index contributed by atoms with van der Waals surface area (Å²) in [5.74, 6) is 0.597. The molecule has 3 aromatic rings. The van der Waals surface area contributed by atoms with Crippen LogP contribution in [0, 0.1) is 13.8 Å². The summed E-state index contributed by atoms with van der Waals surface area (Å²) in [4.78, 5) is 30.6. The first-order valence-electron chi connectivity index (χ1n) is 7.30. The minimum absolute atomic E-state index is 0.0335. The maximum atomic E-state index is 12.5. The number of rotatable bonds is 5. The smallest absolute Gasteiger partial charge is 0.262 e. The van der Waals surface area contributed by atoms with Crippen LogP contribution in [-0.2, 0) is 17.8 Å². The molecule has 3 heterocycles. The van der Waals surface area contributed by atoms with Gasteiger partial charge in [-0.05, 0) is 31.5 Å². The van der Waals surface area contributed by atoms with E-state index < -0.39 is 0 Å². The molecule has 1 N–H and O–H groups in total. The third-order valence-corrected chi connectivity index (χ3v) is 4.86. The predicted octanol–water partition coefficient (Wildman–Crippen LogP) is 2.03. The summed E-state index contributed by atoms with van der Waals surface area (Å²) in [7, 11) is 0. The lowest BCUT2D eigenvalue weighted by atomic mass is 10.2. The van der Waals surface area contributed by atoms with Gasteiger partial charge in [0.1, 0.15) is 17.1 Å². The Labute approximate surface area is 136 Å². The van der Waals surface area contributed by atoms with E-state index in [4.69, 9.17) is 4.42 Å². The average Bonchev–Trinajstić information content (AvgIpc) is 3.12. The fourth-order valence-corrected chi connectivity index (χ4v) is 3.36. The zero-order valence-electron chi connectivity index (χ0n) is 13.0. The van der Waals surface area contributed by atoms with Gasteiger partial charge in [-0.3, -0.25) is 14.2 Å². The molecule has 0 atom stereocenters. The van der Waals surface area contributed by atoms with E-state index in [2.05, 4.69) is 10.3 Å².